The number of aromatic amines is 1. The zero-order valence-electron chi connectivity index (χ0n) is 19.5. The van der Waals surface area contributed by atoms with E-state index in [0.29, 0.717) is 23.2 Å². The van der Waals surface area contributed by atoms with Gasteiger partial charge in [0.2, 0.25) is 0 Å². The van der Waals surface area contributed by atoms with Crippen LogP contribution in [0.25, 0.3) is 16.7 Å². The Hall–Kier alpha value is -4.02. The molecular weight excluding hydrogens is 467 g/mol. The smallest absolute Gasteiger partial charge is 0.408 e. The van der Waals surface area contributed by atoms with Crippen molar-refractivity contribution in [3.8, 4) is 0 Å². The highest BCUT2D eigenvalue weighted by molar-refractivity contribution is 5.98. The molecule has 186 valence electrons. The minimum atomic E-state index is -0.725. The molecule has 0 aliphatic heterocycles. The summed E-state index contributed by atoms with van der Waals surface area (Å²) < 4.78 is 20.5. The van der Waals surface area contributed by atoms with Gasteiger partial charge in [-0.1, -0.05) is 6.07 Å². The summed E-state index contributed by atoms with van der Waals surface area (Å²) >= 11 is 0. The third kappa shape index (κ3) is 4.04. The summed E-state index contributed by atoms with van der Waals surface area (Å²) in [6.45, 7) is 0.674. The van der Waals surface area contributed by atoms with Gasteiger partial charge < -0.3 is 15.1 Å². The van der Waals surface area contributed by atoms with E-state index in [2.05, 4.69) is 25.7 Å². The number of H-pyrrole nitrogens is 1. The number of amides is 2. The molecule has 4 aromatic rings. The van der Waals surface area contributed by atoms with Crippen molar-refractivity contribution >= 4 is 28.6 Å². The first-order valence-corrected chi connectivity index (χ1v) is 12.1. The summed E-state index contributed by atoms with van der Waals surface area (Å²) in [5, 5.41) is 9.69. The molecule has 2 bridgehead atoms. The second-order valence-electron chi connectivity index (χ2n) is 9.95. The summed E-state index contributed by atoms with van der Waals surface area (Å²) in [6.07, 6.45) is 7.89. The van der Waals surface area contributed by atoms with Crippen LogP contribution in [0.4, 0.5) is 4.39 Å². The third-order valence-corrected chi connectivity index (χ3v) is 7.70. The van der Waals surface area contributed by atoms with E-state index in [0.717, 1.165) is 35.9 Å². The van der Waals surface area contributed by atoms with E-state index in [1.165, 1.54) is 25.3 Å². The molecule has 3 N–H and O–H groups in total. The van der Waals surface area contributed by atoms with E-state index in [1.807, 2.05) is 0 Å². The van der Waals surface area contributed by atoms with Gasteiger partial charge in [0.1, 0.15) is 11.4 Å². The molecule has 10 nitrogen and oxygen atoms in total. The average Bonchev–Trinajstić information content (AvgIpc) is 3.47. The lowest BCUT2D eigenvalue weighted by Gasteiger charge is -2.46. The number of aromatic nitrogens is 4. The van der Waals surface area contributed by atoms with E-state index in [9.17, 15) is 18.8 Å². The molecule has 0 atom stereocenters. The summed E-state index contributed by atoms with van der Waals surface area (Å²) in [5.74, 6) is -1.46. The normalized spacial score (nSPS) is 21.2. The van der Waals surface area contributed by atoms with E-state index in [1.54, 1.807) is 18.2 Å². The van der Waals surface area contributed by atoms with Crippen LogP contribution in [0, 0.1) is 17.2 Å². The van der Waals surface area contributed by atoms with Crippen LogP contribution in [0.5, 0.6) is 0 Å². The monoisotopic (exact) mass is 492 g/mol. The Balaban J connectivity index is 1.21. The van der Waals surface area contributed by atoms with Crippen molar-refractivity contribution in [2.75, 3.05) is 6.54 Å². The van der Waals surface area contributed by atoms with E-state index < -0.39 is 23.4 Å². The Bertz CT molecular complexity index is 1530. The van der Waals surface area contributed by atoms with Crippen molar-refractivity contribution in [2.45, 2.75) is 45.1 Å². The molecule has 3 heterocycles. The minimum absolute atomic E-state index is 0.0485. The topological polar surface area (TPSA) is 134 Å². The van der Waals surface area contributed by atoms with Gasteiger partial charge >= 0.3 is 5.76 Å². The number of oxazole rings is 1. The van der Waals surface area contributed by atoms with E-state index in [-0.39, 0.29) is 29.0 Å². The number of hydrogen-bond acceptors (Lipinski definition) is 6. The number of nitrogens with one attached hydrogen (secondary N) is 3. The van der Waals surface area contributed by atoms with Gasteiger partial charge in [-0.15, -0.1) is 0 Å². The number of benzene rings is 1. The minimum Gasteiger partial charge on any atom is -0.408 e. The molecule has 0 spiro atoms. The highest BCUT2D eigenvalue weighted by Gasteiger charge is 2.40. The predicted molar refractivity (Wildman–Crippen MR) is 127 cm³/mol. The number of hydrogen-bond donors (Lipinski definition) is 3. The molecule has 0 saturated heterocycles. The van der Waals surface area contributed by atoms with Gasteiger partial charge in [0.15, 0.2) is 17.0 Å². The van der Waals surface area contributed by atoms with Crippen LogP contribution < -0.4 is 16.4 Å². The predicted octanol–water partition coefficient (Wildman–Crippen LogP) is 2.93. The average molecular weight is 493 g/mol. The zero-order valence-corrected chi connectivity index (χ0v) is 19.5. The van der Waals surface area contributed by atoms with Crippen molar-refractivity contribution in [1.29, 1.82) is 0 Å². The maximum Gasteiger partial charge on any atom is 0.417 e. The molecule has 0 radical (unpaired) electrons. The van der Waals surface area contributed by atoms with Gasteiger partial charge in [0.25, 0.3) is 11.8 Å². The van der Waals surface area contributed by atoms with Crippen molar-refractivity contribution in [2.24, 2.45) is 11.3 Å². The van der Waals surface area contributed by atoms with Gasteiger partial charge in [-0.25, -0.2) is 18.7 Å². The van der Waals surface area contributed by atoms with Crippen LogP contribution in [-0.2, 0) is 6.54 Å². The highest BCUT2D eigenvalue weighted by Crippen LogP contribution is 2.49. The fourth-order valence-electron chi connectivity index (χ4n) is 5.56. The maximum atomic E-state index is 14.4. The Morgan fingerprint density at radius 2 is 1.92 bits per heavy atom. The molecule has 36 heavy (non-hydrogen) atoms. The second kappa shape index (κ2) is 8.58. The fourth-order valence-corrected chi connectivity index (χ4v) is 5.56. The number of nitrogens with zero attached hydrogens (tertiary/aromatic N) is 3. The largest absolute Gasteiger partial charge is 0.417 e. The first-order valence-electron chi connectivity index (χ1n) is 12.1. The molecule has 11 heteroatoms. The lowest BCUT2D eigenvalue weighted by Crippen LogP contribution is -2.43. The Labute approximate surface area is 204 Å². The van der Waals surface area contributed by atoms with Gasteiger partial charge in [-0.2, -0.15) is 5.10 Å². The molecule has 3 aliphatic carbocycles. The molecule has 3 aliphatic rings. The molecule has 3 fully saturated rings. The molecule has 3 aromatic heterocycles. The van der Waals surface area contributed by atoms with Crippen molar-refractivity contribution < 1.29 is 18.4 Å². The summed E-state index contributed by atoms with van der Waals surface area (Å²) in [7, 11) is 0. The number of halogens is 1. The van der Waals surface area contributed by atoms with E-state index >= 15 is 0 Å². The zero-order chi connectivity index (χ0) is 24.9. The number of fused-ring (bicyclic) bond motifs is 5. The number of carbonyl (C=O) groups is 2. The van der Waals surface area contributed by atoms with Crippen molar-refractivity contribution in [3.63, 3.8) is 0 Å². The highest BCUT2D eigenvalue weighted by atomic mass is 19.1. The fraction of sp³-hybridized carbons (Fsp3) is 0.400. The van der Waals surface area contributed by atoms with Gasteiger partial charge in [0.05, 0.1) is 11.7 Å². The molecule has 2 amide bonds. The summed E-state index contributed by atoms with van der Waals surface area (Å²) in [5.41, 5.74) is 1.51. The van der Waals surface area contributed by atoms with Crippen LogP contribution in [0.2, 0.25) is 0 Å². The van der Waals surface area contributed by atoms with Crippen LogP contribution >= 0.6 is 0 Å². The molecular formula is C25H25FN6O4. The molecule has 7 rings (SSSR count). The lowest BCUT2D eigenvalue weighted by atomic mass is 9.61. The van der Waals surface area contributed by atoms with Crippen LogP contribution in [0.15, 0.2) is 39.7 Å². The van der Waals surface area contributed by atoms with Gasteiger partial charge in [-0.3, -0.25) is 14.6 Å². The number of carbonyl (C=O) groups excluding carboxylic acids is 2. The standard InChI is InChI=1S/C25H25FN6O4/c26-16-12-29-32-19(23(34)28-13-25-6-3-14(4-7-25)5-8-25)10-18(30-21(16)32)22(33)27-11-15-1-2-20-17(9-15)31-24(35)36-20/h1-2,9-10,12,14H,3-8,11,13H2,(H,27,33)(H,28,34)(H,31,35). The first-order chi connectivity index (χ1) is 17.4. The van der Waals surface area contributed by atoms with Crippen LogP contribution in [0.3, 0.4) is 0 Å². The second-order valence-corrected chi connectivity index (χ2v) is 9.95. The Morgan fingerprint density at radius 1 is 1.14 bits per heavy atom. The van der Waals surface area contributed by atoms with Gasteiger partial charge in [-0.05, 0) is 67.6 Å². The Morgan fingerprint density at radius 3 is 2.69 bits per heavy atom. The lowest BCUT2D eigenvalue weighted by molar-refractivity contribution is 0.0595. The summed E-state index contributed by atoms with van der Waals surface area (Å²) in [4.78, 5) is 44.1. The SMILES string of the molecule is O=C(NCc1ccc2oc(=O)[nH]c2c1)c1cc(C(=O)NCC23CCC(CC2)CC3)n2ncc(F)c2n1. The van der Waals surface area contributed by atoms with Crippen molar-refractivity contribution in [3.05, 3.63) is 63.8 Å². The Kier molecular flexibility index (Phi) is 5.35. The van der Waals surface area contributed by atoms with E-state index in [4.69, 9.17) is 4.42 Å². The molecule has 3 saturated carbocycles. The maximum absolute atomic E-state index is 14.4. The quantitative estimate of drug-likeness (QED) is 0.379. The van der Waals surface area contributed by atoms with Crippen molar-refractivity contribution in [1.82, 2.24) is 30.2 Å². The van der Waals surface area contributed by atoms with Crippen LogP contribution in [-0.4, -0.2) is 37.9 Å². The van der Waals surface area contributed by atoms with Gasteiger partial charge in [0, 0.05) is 19.2 Å². The molecule has 1 aromatic carbocycles. The summed E-state index contributed by atoms with van der Waals surface area (Å²) in [6, 6.07) is 6.35. The van der Waals surface area contributed by atoms with Crippen LogP contribution in [0.1, 0.15) is 65.1 Å². The molecule has 0 unspecified atom stereocenters. The first kappa shape index (κ1) is 22.4. The number of rotatable bonds is 6. The third-order valence-electron chi connectivity index (χ3n) is 7.70.